The molecule has 0 radical (unpaired) electrons. The summed E-state index contributed by atoms with van der Waals surface area (Å²) in [5.74, 6) is 0.897. The third-order valence-corrected chi connectivity index (χ3v) is 3.73. The molecule has 122 valence electrons. The van der Waals surface area contributed by atoms with Crippen molar-refractivity contribution in [2.75, 3.05) is 32.6 Å². The molecule has 0 bridgehead atoms. The van der Waals surface area contributed by atoms with E-state index in [1.165, 1.54) is 11.3 Å². The van der Waals surface area contributed by atoms with Crippen molar-refractivity contribution >= 4 is 35.6 Å². The molecule has 0 unspecified atom stereocenters. The average molecular weight is 414 g/mol. The molecule has 0 fully saturated rings. The summed E-state index contributed by atoms with van der Waals surface area (Å²) in [6.45, 7) is 0.890. The van der Waals surface area contributed by atoms with Crippen LogP contribution in [0.15, 0.2) is 41.4 Å². The van der Waals surface area contributed by atoms with Gasteiger partial charge in [-0.3, -0.25) is 4.99 Å². The highest BCUT2D eigenvalue weighted by molar-refractivity contribution is 14.0. The molecule has 2 N–H and O–H groups in total. The van der Waals surface area contributed by atoms with E-state index in [4.69, 9.17) is 0 Å². The Hall–Kier alpha value is -1.24. The summed E-state index contributed by atoms with van der Waals surface area (Å²) in [7, 11) is 5.94. The molecule has 1 aromatic rings. The standard InChI is InChI=1S/C17H26N4.HI/c1-18-17(20-15-6-4-5-7-15)19-13-12-14-8-10-16(11-9-14)21(2)3;/h4-5,8-11,15H,6-7,12-13H2,1-3H3,(H2,18,19,20);1H. The Bertz CT molecular complexity index is 486. The zero-order chi connectivity index (χ0) is 15.1. The third kappa shape index (κ3) is 5.87. The number of guanidine groups is 1. The fourth-order valence-corrected chi connectivity index (χ4v) is 2.41. The van der Waals surface area contributed by atoms with Gasteiger partial charge in [-0.15, -0.1) is 24.0 Å². The number of aliphatic imine (C=N–C) groups is 1. The lowest BCUT2D eigenvalue weighted by atomic mass is 10.1. The fraction of sp³-hybridized carbons (Fsp3) is 0.471. The van der Waals surface area contributed by atoms with E-state index in [0.717, 1.165) is 31.8 Å². The summed E-state index contributed by atoms with van der Waals surface area (Å²) in [5.41, 5.74) is 2.57. The van der Waals surface area contributed by atoms with Gasteiger partial charge in [-0.05, 0) is 37.0 Å². The van der Waals surface area contributed by atoms with Crippen LogP contribution < -0.4 is 15.5 Å². The number of hydrogen-bond acceptors (Lipinski definition) is 2. The highest BCUT2D eigenvalue weighted by Crippen LogP contribution is 2.12. The van der Waals surface area contributed by atoms with E-state index < -0.39 is 0 Å². The summed E-state index contributed by atoms with van der Waals surface area (Å²) in [4.78, 5) is 6.39. The van der Waals surface area contributed by atoms with Crippen LogP contribution in [0.1, 0.15) is 18.4 Å². The lowest BCUT2D eigenvalue weighted by molar-refractivity contribution is 0.633. The van der Waals surface area contributed by atoms with Gasteiger partial charge in [0.25, 0.3) is 0 Å². The Balaban J connectivity index is 0.00000242. The maximum Gasteiger partial charge on any atom is 0.191 e. The van der Waals surface area contributed by atoms with Crippen molar-refractivity contribution in [2.24, 2.45) is 4.99 Å². The molecule has 0 atom stereocenters. The molecular formula is C17H27IN4. The van der Waals surface area contributed by atoms with Gasteiger partial charge < -0.3 is 15.5 Å². The van der Waals surface area contributed by atoms with Gasteiger partial charge in [-0.2, -0.15) is 0 Å². The Labute approximate surface area is 151 Å². The van der Waals surface area contributed by atoms with Crippen molar-refractivity contribution < 1.29 is 0 Å². The first-order valence-corrected chi connectivity index (χ1v) is 7.57. The van der Waals surface area contributed by atoms with Crippen LogP contribution in [-0.2, 0) is 6.42 Å². The molecule has 5 heteroatoms. The first-order valence-electron chi connectivity index (χ1n) is 7.57. The molecule has 1 aliphatic rings. The molecule has 0 amide bonds. The molecule has 0 aliphatic heterocycles. The quantitative estimate of drug-likeness (QED) is 0.337. The number of benzene rings is 1. The largest absolute Gasteiger partial charge is 0.378 e. The molecule has 22 heavy (non-hydrogen) atoms. The molecule has 0 spiro atoms. The van der Waals surface area contributed by atoms with E-state index in [2.05, 4.69) is 71.0 Å². The Morgan fingerprint density at radius 1 is 1.18 bits per heavy atom. The highest BCUT2D eigenvalue weighted by atomic mass is 127. The van der Waals surface area contributed by atoms with E-state index >= 15 is 0 Å². The second-order valence-corrected chi connectivity index (χ2v) is 5.59. The van der Waals surface area contributed by atoms with Crippen molar-refractivity contribution in [1.82, 2.24) is 10.6 Å². The highest BCUT2D eigenvalue weighted by Gasteiger charge is 2.11. The minimum Gasteiger partial charge on any atom is -0.378 e. The lowest BCUT2D eigenvalue weighted by Gasteiger charge is -2.17. The number of anilines is 1. The number of hydrogen-bond donors (Lipinski definition) is 2. The second-order valence-electron chi connectivity index (χ2n) is 5.59. The van der Waals surface area contributed by atoms with Gasteiger partial charge in [0.05, 0.1) is 0 Å². The predicted octanol–water partition coefficient (Wildman–Crippen LogP) is 2.80. The Morgan fingerprint density at radius 2 is 1.82 bits per heavy atom. The van der Waals surface area contributed by atoms with E-state index in [1.54, 1.807) is 0 Å². The number of nitrogens with zero attached hydrogens (tertiary/aromatic N) is 2. The van der Waals surface area contributed by atoms with Gasteiger partial charge in [0.15, 0.2) is 5.96 Å². The van der Waals surface area contributed by atoms with Gasteiger partial charge in [0.1, 0.15) is 0 Å². The molecular weight excluding hydrogens is 387 g/mol. The van der Waals surface area contributed by atoms with Crippen molar-refractivity contribution in [1.29, 1.82) is 0 Å². The van der Waals surface area contributed by atoms with E-state index in [1.807, 2.05) is 7.05 Å². The van der Waals surface area contributed by atoms with Crippen LogP contribution in [0.25, 0.3) is 0 Å². The SMILES string of the molecule is CN=C(NCCc1ccc(N(C)C)cc1)NC1CC=CC1.I. The summed E-state index contributed by atoms with van der Waals surface area (Å²) in [5, 5.41) is 6.83. The van der Waals surface area contributed by atoms with Gasteiger partial charge in [0, 0.05) is 39.4 Å². The van der Waals surface area contributed by atoms with Crippen LogP contribution in [0.3, 0.4) is 0 Å². The second kappa shape index (κ2) is 9.71. The summed E-state index contributed by atoms with van der Waals surface area (Å²) < 4.78 is 0. The molecule has 2 rings (SSSR count). The van der Waals surface area contributed by atoms with E-state index in [9.17, 15) is 0 Å². The van der Waals surface area contributed by atoms with Crippen LogP contribution in [0.4, 0.5) is 5.69 Å². The minimum absolute atomic E-state index is 0. The first kappa shape index (κ1) is 18.8. The number of rotatable bonds is 5. The zero-order valence-electron chi connectivity index (χ0n) is 13.7. The van der Waals surface area contributed by atoms with Crippen molar-refractivity contribution in [2.45, 2.75) is 25.3 Å². The predicted molar refractivity (Wildman–Crippen MR) is 107 cm³/mol. The van der Waals surface area contributed by atoms with Gasteiger partial charge in [-0.25, -0.2) is 0 Å². The summed E-state index contributed by atoms with van der Waals surface area (Å²) in [6, 6.07) is 9.19. The van der Waals surface area contributed by atoms with Crippen LogP contribution in [0.5, 0.6) is 0 Å². The van der Waals surface area contributed by atoms with Gasteiger partial charge in [0.2, 0.25) is 0 Å². The smallest absolute Gasteiger partial charge is 0.191 e. The van der Waals surface area contributed by atoms with Gasteiger partial charge in [-0.1, -0.05) is 24.3 Å². The molecule has 0 aromatic heterocycles. The molecule has 1 aromatic carbocycles. The average Bonchev–Trinajstić information content (AvgIpc) is 2.99. The fourth-order valence-electron chi connectivity index (χ4n) is 2.41. The number of nitrogens with one attached hydrogen (secondary N) is 2. The Kier molecular flexibility index (Phi) is 8.30. The molecule has 0 heterocycles. The minimum atomic E-state index is 0. The van der Waals surface area contributed by atoms with Crippen LogP contribution >= 0.6 is 24.0 Å². The van der Waals surface area contributed by atoms with E-state index in [0.29, 0.717) is 6.04 Å². The van der Waals surface area contributed by atoms with Crippen LogP contribution in [-0.4, -0.2) is 39.7 Å². The Morgan fingerprint density at radius 3 is 2.36 bits per heavy atom. The monoisotopic (exact) mass is 414 g/mol. The lowest BCUT2D eigenvalue weighted by Crippen LogP contribution is -2.43. The van der Waals surface area contributed by atoms with Crippen molar-refractivity contribution in [3.63, 3.8) is 0 Å². The maximum absolute atomic E-state index is 4.28. The molecule has 1 aliphatic carbocycles. The van der Waals surface area contributed by atoms with Crippen molar-refractivity contribution in [3.05, 3.63) is 42.0 Å². The topological polar surface area (TPSA) is 39.7 Å². The zero-order valence-corrected chi connectivity index (χ0v) is 16.0. The molecule has 0 saturated carbocycles. The van der Waals surface area contributed by atoms with Crippen molar-refractivity contribution in [3.8, 4) is 0 Å². The van der Waals surface area contributed by atoms with E-state index in [-0.39, 0.29) is 24.0 Å². The van der Waals surface area contributed by atoms with Gasteiger partial charge >= 0.3 is 0 Å². The van der Waals surface area contributed by atoms with Crippen LogP contribution in [0.2, 0.25) is 0 Å². The normalized spacial score (nSPS) is 14.6. The maximum atomic E-state index is 4.28. The number of halogens is 1. The first-order chi connectivity index (χ1) is 10.2. The van der Waals surface area contributed by atoms with Crippen LogP contribution in [0, 0.1) is 0 Å². The third-order valence-electron chi connectivity index (χ3n) is 3.73. The summed E-state index contributed by atoms with van der Waals surface area (Å²) >= 11 is 0. The molecule has 0 saturated heterocycles. The summed E-state index contributed by atoms with van der Waals surface area (Å²) in [6.07, 6.45) is 7.62. The molecule has 4 nitrogen and oxygen atoms in total.